The number of anilines is 4. The Morgan fingerprint density at radius 1 is 0.510 bits per heavy atom. The Balaban J connectivity index is 1.78. The first-order valence-electron chi connectivity index (χ1n) is 17.6. The quantitative estimate of drug-likeness (QED) is 0.115. The van der Waals surface area contributed by atoms with E-state index in [-0.39, 0.29) is 3.92 Å². The van der Waals surface area contributed by atoms with Gasteiger partial charge in [-0.2, -0.15) is 0 Å². The number of unbranched alkanes of at least 4 members (excludes halogenated alkanes) is 1. The van der Waals surface area contributed by atoms with E-state index in [1.807, 2.05) is 0 Å². The molecule has 0 bridgehead atoms. The molecule has 0 radical (unpaired) electrons. The summed E-state index contributed by atoms with van der Waals surface area (Å²) in [7, 11) is 0. The van der Waals surface area contributed by atoms with Crippen LogP contribution in [0.2, 0.25) is 0 Å². The van der Waals surface area contributed by atoms with Gasteiger partial charge in [-0.25, -0.2) is 0 Å². The first-order chi connectivity index (χ1) is 23.5. The molecule has 250 valence electrons. The molecule has 0 saturated heterocycles. The highest BCUT2D eigenvalue weighted by molar-refractivity contribution is 14.1. The average molecular weight is 757 g/mol. The number of hydrogen-bond acceptors (Lipinski definition) is 2. The summed E-state index contributed by atoms with van der Waals surface area (Å²) in [6.07, 6.45) is 4.60. The third-order valence-corrected chi connectivity index (χ3v) is 11.6. The van der Waals surface area contributed by atoms with Crippen LogP contribution in [-0.4, -0.2) is 3.92 Å². The number of rotatable bonds is 8. The van der Waals surface area contributed by atoms with E-state index in [0.29, 0.717) is 0 Å². The Kier molecular flexibility index (Phi) is 10.2. The SMILES string of the molecule is CCC/C=C1/C(N(c2ccc(C)c(C)c2)c2ccc(C)c(C)c2)=c2ccccc2=C(N(c2ccc(C)c(C)c2)c2ccc(C)c(C)c2)C1I. The van der Waals surface area contributed by atoms with Crippen LogP contribution in [0.15, 0.2) is 109 Å². The average Bonchev–Trinajstić information content (AvgIpc) is 3.08. The molecular weight excluding hydrogens is 707 g/mol. The van der Waals surface area contributed by atoms with Gasteiger partial charge >= 0.3 is 0 Å². The van der Waals surface area contributed by atoms with Crippen LogP contribution in [0.4, 0.5) is 22.7 Å². The minimum Gasteiger partial charge on any atom is -0.312 e. The first kappa shape index (κ1) is 34.8. The van der Waals surface area contributed by atoms with Crippen LogP contribution in [0.1, 0.15) is 64.3 Å². The molecule has 1 aliphatic carbocycles. The lowest BCUT2D eigenvalue weighted by Crippen LogP contribution is -2.45. The van der Waals surface area contributed by atoms with Crippen molar-refractivity contribution in [1.82, 2.24) is 0 Å². The monoisotopic (exact) mass is 756 g/mol. The third-order valence-electron chi connectivity index (χ3n) is 10.4. The molecule has 0 fully saturated rings. The Morgan fingerprint density at radius 3 is 1.29 bits per heavy atom. The van der Waals surface area contributed by atoms with Crippen molar-refractivity contribution >= 4 is 56.7 Å². The molecule has 0 saturated carbocycles. The van der Waals surface area contributed by atoms with E-state index in [4.69, 9.17) is 0 Å². The van der Waals surface area contributed by atoms with Crippen molar-refractivity contribution in [2.75, 3.05) is 9.80 Å². The van der Waals surface area contributed by atoms with Crippen LogP contribution < -0.4 is 20.2 Å². The minimum absolute atomic E-state index is 0.0814. The van der Waals surface area contributed by atoms with E-state index < -0.39 is 0 Å². The molecule has 1 unspecified atom stereocenters. The molecular formula is C46H49IN2. The molecule has 5 aromatic rings. The number of nitrogens with zero attached hydrogens (tertiary/aromatic N) is 2. The lowest BCUT2D eigenvalue weighted by molar-refractivity contribution is 0.947. The van der Waals surface area contributed by atoms with E-state index >= 15 is 0 Å². The number of alkyl halides is 1. The Bertz CT molecular complexity index is 2100. The Labute approximate surface area is 307 Å². The van der Waals surface area contributed by atoms with Gasteiger partial charge in [0.2, 0.25) is 0 Å². The zero-order valence-corrected chi connectivity index (χ0v) is 32.7. The number of hydrogen-bond donors (Lipinski definition) is 0. The molecule has 1 atom stereocenters. The van der Waals surface area contributed by atoms with Crippen LogP contribution in [0, 0.1) is 55.4 Å². The van der Waals surface area contributed by atoms with Gasteiger partial charge in [0.05, 0.1) is 9.62 Å². The van der Waals surface area contributed by atoms with Crippen molar-refractivity contribution in [2.24, 2.45) is 0 Å². The predicted octanol–water partition coefficient (Wildman–Crippen LogP) is 11.6. The van der Waals surface area contributed by atoms with Gasteiger partial charge in [0.15, 0.2) is 0 Å². The highest BCUT2D eigenvalue weighted by Crippen LogP contribution is 2.44. The summed E-state index contributed by atoms with van der Waals surface area (Å²) >= 11 is 2.73. The fraction of sp³-hybridized carbons (Fsp3) is 0.261. The van der Waals surface area contributed by atoms with Crippen molar-refractivity contribution in [3.8, 4) is 0 Å². The van der Waals surface area contributed by atoms with Crippen LogP contribution >= 0.6 is 22.6 Å². The molecule has 0 aliphatic heterocycles. The maximum Gasteiger partial charge on any atom is 0.0788 e. The maximum absolute atomic E-state index is 2.73. The molecule has 0 aromatic heterocycles. The summed E-state index contributed by atoms with van der Waals surface area (Å²) in [6.45, 7) is 20.0. The van der Waals surface area contributed by atoms with Gasteiger partial charge < -0.3 is 9.80 Å². The summed E-state index contributed by atoms with van der Waals surface area (Å²) in [4.78, 5) is 5.06. The van der Waals surface area contributed by atoms with Crippen LogP contribution in [0.5, 0.6) is 0 Å². The van der Waals surface area contributed by atoms with Crippen molar-refractivity contribution in [3.63, 3.8) is 0 Å². The minimum atomic E-state index is 0.0814. The zero-order chi connectivity index (χ0) is 35.0. The summed E-state index contributed by atoms with van der Waals surface area (Å²) in [5, 5.41) is 2.52. The van der Waals surface area contributed by atoms with Gasteiger partial charge in [-0.3, -0.25) is 0 Å². The van der Waals surface area contributed by atoms with E-state index in [1.165, 1.54) is 94.7 Å². The summed E-state index contributed by atoms with van der Waals surface area (Å²) < 4.78 is 0.0814. The molecule has 1 aliphatic rings. The van der Waals surface area contributed by atoms with Gasteiger partial charge in [-0.05, 0) is 160 Å². The van der Waals surface area contributed by atoms with E-state index in [2.05, 4.69) is 198 Å². The number of allylic oxidation sites excluding steroid dienone is 1. The number of benzene rings is 5. The molecule has 3 heteroatoms. The molecule has 0 amide bonds. The highest BCUT2D eigenvalue weighted by Gasteiger charge is 2.34. The van der Waals surface area contributed by atoms with Crippen molar-refractivity contribution in [3.05, 3.63) is 164 Å². The first-order valence-corrected chi connectivity index (χ1v) is 18.8. The van der Waals surface area contributed by atoms with E-state index in [1.54, 1.807) is 0 Å². The molecule has 0 spiro atoms. The second-order valence-electron chi connectivity index (χ2n) is 13.8. The molecule has 5 aromatic carbocycles. The fourth-order valence-electron chi connectivity index (χ4n) is 6.75. The smallest absolute Gasteiger partial charge is 0.0788 e. The third kappa shape index (κ3) is 6.75. The summed E-state index contributed by atoms with van der Waals surface area (Å²) in [6, 6.07) is 36.7. The standard InChI is InChI=1S/C46H49IN2/c1-10-11-14-43-44(47)46(49(39-23-19-31(4)35(8)27-39)40-24-20-32(5)36(9)28-40)42-16-13-12-15-41(42)45(43)48(37-21-17-29(2)33(6)25-37)38-22-18-30(3)34(7)26-38/h12-28,44H,10-11H2,1-9H3/b43-14+. The predicted molar refractivity (Wildman–Crippen MR) is 221 cm³/mol. The van der Waals surface area contributed by atoms with Crippen LogP contribution in [0.25, 0.3) is 11.4 Å². The number of aryl methyl sites for hydroxylation is 8. The molecule has 0 N–H and O–H groups in total. The number of halogens is 1. The molecule has 49 heavy (non-hydrogen) atoms. The van der Waals surface area contributed by atoms with Gasteiger partial charge in [-0.15, -0.1) is 0 Å². The van der Waals surface area contributed by atoms with Crippen molar-refractivity contribution < 1.29 is 0 Å². The lowest BCUT2D eigenvalue weighted by atomic mass is 9.91. The Morgan fingerprint density at radius 2 is 0.898 bits per heavy atom. The molecule has 6 rings (SSSR count). The summed E-state index contributed by atoms with van der Waals surface area (Å²) in [5.41, 5.74) is 19.1. The van der Waals surface area contributed by atoms with E-state index in [9.17, 15) is 0 Å². The van der Waals surface area contributed by atoms with Crippen molar-refractivity contribution in [1.29, 1.82) is 0 Å². The van der Waals surface area contributed by atoms with Gasteiger partial charge in [0, 0.05) is 38.9 Å². The molecule has 2 nitrogen and oxygen atoms in total. The zero-order valence-electron chi connectivity index (χ0n) is 30.6. The maximum atomic E-state index is 2.73. The highest BCUT2D eigenvalue weighted by atomic mass is 127. The fourth-order valence-corrected chi connectivity index (χ4v) is 7.91. The topological polar surface area (TPSA) is 6.48 Å². The van der Waals surface area contributed by atoms with Gasteiger partial charge in [-0.1, -0.05) is 90.5 Å². The Hall–Kier alpha value is -4.09. The van der Waals surface area contributed by atoms with E-state index in [0.717, 1.165) is 12.8 Å². The summed E-state index contributed by atoms with van der Waals surface area (Å²) in [5.74, 6) is 0. The van der Waals surface area contributed by atoms with Crippen molar-refractivity contribution in [2.45, 2.75) is 79.1 Å². The van der Waals surface area contributed by atoms with Crippen LogP contribution in [-0.2, 0) is 0 Å². The number of fused-ring (bicyclic) bond motifs is 1. The van der Waals surface area contributed by atoms with Gasteiger partial charge in [0.25, 0.3) is 0 Å². The lowest BCUT2D eigenvalue weighted by Gasteiger charge is -2.39. The second-order valence-corrected chi connectivity index (χ2v) is 15.1. The largest absolute Gasteiger partial charge is 0.312 e. The second kappa shape index (κ2) is 14.4. The van der Waals surface area contributed by atoms with Gasteiger partial charge in [0.1, 0.15) is 0 Å². The molecule has 0 heterocycles. The van der Waals surface area contributed by atoms with Crippen LogP contribution in [0.3, 0.4) is 0 Å². The normalized spacial score (nSPS) is 15.1.